The molecule has 8 N–H and O–H groups in total. The number of aromatic nitrogens is 2. The van der Waals surface area contributed by atoms with E-state index in [0.29, 0.717) is 0 Å². The maximum absolute atomic E-state index is 11.7. The lowest BCUT2D eigenvalue weighted by Gasteiger charge is -2.39. The molecule has 5 atom stereocenters. The van der Waals surface area contributed by atoms with Gasteiger partial charge in [-0.1, -0.05) is 0 Å². The molecule has 0 saturated carbocycles. The standard InChI is InChI=1S/C10H15N3O7/c11-8-3(9(18)13-10(19)12-8)7-6(17)5(16)4(15)2(1-14)20-7/h2,4-7,14-17H,1H2,(H4,11,12,13,18,19)/t2-,4-,5+,6-,7+/m1/s1. The number of nitrogens with two attached hydrogens (primary N) is 1. The number of nitrogens with one attached hydrogen (secondary N) is 2. The number of aliphatic hydroxyl groups excluding tert-OH is 4. The van der Waals surface area contributed by atoms with Crippen LogP contribution in [-0.2, 0) is 4.74 Å². The van der Waals surface area contributed by atoms with Crippen molar-refractivity contribution < 1.29 is 25.2 Å². The van der Waals surface area contributed by atoms with Gasteiger partial charge in [0, 0.05) is 0 Å². The Morgan fingerprint density at radius 2 is 1.75 bits per heavy atom. The second-order valence-corrected chi connectivity index (χ2v) is 4.49. The van der Waals surface area contributed by atoms with Crippen LogP contribution in [0.1, 0.15) is 11.7 Å². The quantitative estimate of drug-likeness (QED) is 0.289. The number of anilines is 1. The molecule has 0 unspecified atom stereocenters. The summed E-state index contributed by atoms with van der Waals surface area (Å²) in [5, 5.41) is 38.2. The van der Waals surface area contributed by atoms with Crippen molar-refractivity contribution in [1.29, 1.82) is 0 Å². The summed E-state index contributed by atoms with van der Waals surface area (Å²) in [7, 11) is 0. The molecule has 0 spiro atoms. The minimum atomic E-state index is -1.65. The second kappa shape index (κ2) is 5.34. The van der Waals surface area contributed by atoms with E-state index in [1.165, 1.54) is 0 Å². The Morgan fingerprint density at radius 3 is 2.30 bits per heavy atom. The largest absolute Gasteiger partial charge is 0.394 e. The molecule has 2 rings (SSSR count). The van der Waals surface area contributed by atoms with Crippen molar-refractivity contribution in [2.75, 3.05) is 12.3 Å². The third-order valence-corrected chi connectivity index (χ3v) is 3.19. The average molecular weight is 289 g/mol. The number of hydrogen-bond acceptors (Lipinski definition) is 8. The lowest BCUT2D eigenvalue weighted by Crippen LogP contribution is -2.56. The summed E-state index contributed by atoms with van der Waals surface area (Å²) in [6.07, 6.45) is -7.41. The molecule has 1 aromatic heterocycles. The van der Waals surface area contributed by atoms with Crippen LogP contribution >= 0.6 is 0 Å². The molecule has 10 nitrogen and oxygen atoms in total. The van der Waals surface area contributed by atoms with Gasteiger partial charge < -0.3 is 30.9 Å². The van der Waals surface area contributed by atoms with E-state index in [1.54, 1.807) is 0 Å². The van der Waals surface area contributed by atoms with Gasteiger partial charge in [0.05, 0.1) is 12.2 Å². The molecule has 112 valence electrons. The Hall–Kier alpha value is -1.72. The zero-order valence-electron chi connectivity index (χ0n) is 10.2. The highest BCUT2D eigenvalue weighted by molar-refractivity contribution is 5.39. The minimum absolute atomic E-state index is 0.290. The summed E-state index contributed by atoms with van der Waals surface area (Å²) >= 11 is 0. The van der Waals surface area contributed by atoms with E-state index in [1.807, 2.05) is 4.98 Å². The first-order valence-corrected chi connectivity index (χ1v) is 5.79. The fraction of sp³-hybridized carbons (Fsp3) is 0.600. The van der Waals surface area contributed by atoms with Crippen LogP contribution in [0.25, 0.3) is 0 Å². The molecule has 0 aliphatic carbocycles. The number of nitrogen functional groups attached to an aromatic ring is 1. The molecule has 1 fully saturated rings. The Labute approximate surface area is 111 Å². The van der Waals surface area contributed by atoms with E-state index in [2.05, 4.69) is 4.98 Å². The highest BCUT2D eigenvalue weighted by Gasteiger charge is 2.45. The Balaban J connectivity index is 2.47. The normalized spacial score (nSPS) is 34.1. The number of H-pyrrole nitrogens is 2. The van der Waals surface area contributed by atoms with E-state index >= 15 is 0 Å². The summed E-state index contributed by atoms with van der Waals surface area (Å²) in [6, 6.07) is 0. The van der Waals surface area contributed by atoms with Crippen molar-refractivity contribution in [3.8, 4) is 0 Å². The van der Waals surface area contributed by atoms with E-state index in [0.717, 1.165) is 0 Å². The lowest BCUT2D eigenvalue weighted by molar-refractivity contribution is -0.231. The first-order valence-electron chi connectivity index (χ1n) is 5.79. The van der Waals surface area contributed by atoms with Crippen molar-refractivity contribution in [1.82, 2.24) is 9.97 Å². The molecule has 0 radical (unpaired) electrons. The highest BCUT2D eigenvalue weighted by atomic mass is 16.5. The number of rotatable bonds is 2. The molecule has 2 heterocycles. The van der Waals surface area contributed by atoms with Crippen LogP contribution in [0.2, 0.25) is 0 Å². The van der Waals surface area contributed by atoms with Gasteiger partial charge in [-0.15, -0.1) is 0 Å². The number of hydrogen-bond donors (Lipinski definition) is 7. The molecule has 1 saturated heterocycles. The fourth-order valence-corrected chi connectivity index (χ4v) is 2.14. The SMILES string of the molecule is Nc1[nH]c(=O)[nH]c(=O)c1[C@@H]1O[C@H](CO)[C@@H](O)[C@H](O)[C@H]1O. The smallest absolute Gasteiger partial charge is 0.327 e. The fourth-order valence-electron chi connectivity index (χ4n) is 2.14. The third kappa shape index (κ3) is 2.34. The summed E-state index contributed by atoms with van der Waals surface area (Å²) in [4.78, 5) is 26.8. The van der Waals surface area contributed by atoms with Gasteiger partial charge >= 0.3 is 5.69 Å². The molecule has 1 aliphatic heterocycles. The Morgan fingerprint density at radius 1 is 1.10 bits per heavy atom. The van der Waals surface area contributed by atoms with Gasteiger partial charge in [0.2, 0.25) is 0 Å². The van der Waals surface area contributed by atoms with Crippen LogP contribution < -0.4 is 17.0 Å². The van der Waals surface area contributed by atoms with E-state index in [-0.39, 0.29) is 11.4 Å². The van der Waals surface area contributed by atoms with Crippen LogP contribution in [0.3, 0.4) is 0 Å². The second-order valence-electron chi connectivity index (χ2n) is 4.49. The molecule has 0 bridgehead atoms. The van der Waals surface area contributed by atoms with E-state index in [4.69, 9.17) is 15.6 Å². The van der Waals surface area contributed by atoms with Crippen molar-refractivity contribution in [2.24, 2.45) is 0 Å². The first kappa shape index (κ1) is 14.7. The van der Waals surface area contributed by atoms with Crippen molar-refractivity contribution in [3.05, 3.63) is 26.4 Å². The summed E-state index contributed by atoms with van der Waals surface area (Å²) in [6.45, 7) is -0.636. The highest BCUT2D eigenvalue weighted by Crippen LogP contribution is 2.32. The Bertz CT molecular complexity index is 595. The van der Waals surface area contributed by atoms with Gasteiger partial charge in [0.1, 0.15) is 36.3 Å². The predicted molar refractivity (Wildman–Crippen MR) is 64.8 cm³/mol. The van der Waals surface area contributed by atoms with Crippen LogP contribution in [0.15, 0.2) is 9.59 Å². The van der Waals surface area contributed by atoms with Crippen LogP contribution in [0.5, 0.6) is 0 Å². The van der Waals surface area contributed by atoms with Crippen molar-refractivity contribution in [2.45, 2.75) is 30.5 Å². The van der Waals surface area contributed by atoms with Crippen LogP contribution in [-0.4, -0.2) is 61.4 Å². The monoisotopic (exact) mass is 289 g/mol. The summed E-state index contributed by atoms with van der Waals surface area (Å²) in [5.41, 5.74) is 3.49. The molecule has 1 aliphatic rings. The van der Waals surface area contributed by atoms with Gasteiger partial charge in [0.25, 0.3) is 5.56 Å². The van der Waals surface area contributed by atoms with Gasteiger partial charge in [0.15, 0.2) is 0 Å². The molecule has 10 heteroatoms. The molecule has 0 aromatic carbocycles. The molecular weight excluding hydrogens is 274 g/mol. The first-order chi connectivity index (χ1) is 9.36. The summed E-state index contributed by atoms with van der Waals surface area (Å²) < 4.78 is 5.19. The molecule has 20 heavy (non-hydrogen) atoms. The zero-order chi connectivity index (χ0) is 15.0. The minimum Gasteiger partial charge on any atom is -0.394 e. The number of aromatic amines is 2. The summed E-state index contributed by atoms with van der Waals surface area (Å²) in [5.74, 6) is -0.330. The molecular formula is C10H15N3O7. The molecule has 0 amide bonds. The maximum atomic E-state index is 11.7. The zero-order valence-corrected chi connectivity index (χ0v) is 10.2. The maximum Gasteiger partial charge on any atom is 0.327 e. The molecule has 1 aromatic rings. The number of ether oxygens (including phenoxy) is 1. The van der Waals surface area contributed by atoms with Gasteiger partial charge in [-0.25, -0.2) is 4.79 Å². The van der Waals surface area contributed by atoms with Crippen molar-refractivity contribution >= 4 is 5.82 Å². The lowest BCUT2D eigenvalue weighted by atomic mass is 9.92. The van der Waals surface area contributed by atoms with Gasteiger partial charge in [-0.2, -0.15) is 0 Å². The van der Waals surface area contributed by atoms with E-state index < -0.39 is 48.4 Å². The average Bonchev–Trinajstić information content (AvgIpc) is 2.37. The van der Waals surface area contributed by atoms with Crippen LogP contribution in [0.4, 0.5) is 5.82 Å². The van der Waals surface area contributed by atoms with E-state index in [9.17, 15) is 24.9 Å². The topological polar surface area (TPSA) is 182 Å². The van der Waals surface area contributed by atoms with Crippen LogP contribution in [0, 0.1) is 0 Å². The van der Waals surface area contributed by atoms with Crippen molar-refractivity contribution in [3.63, 3.8) is 0 Å². The van der Waals surface area contributed by atoms with Gasteiger partial charge in [-0.05, 0) is 0 Å². The predicted octanol–water partition coefficient (Wildman–Crippen LogP) is -3.84. The number of aliphatic hydroxyl groups is 4. The Kier molecular flexibility index (Phi) is 3.92. The third-order valence-electron chi connectivity index (χ3n) is 3.19. The van der Waals surface area contributed by atoms with Gasteiger partial charge in [-0.3, -0.25) is 14.8 Å².